The van der Waals surface area contributed by atoms with E-state index < -0.39 is 0 Å². The third kappa shape index (κ3) is 9.48. The summed E-state index contributed by atoms with van der Waals surface area (Å²) in [6, 6.07) is 7.98. The molecule has 1 heterocycles. The lowest BCUT2D eigenvalue weighted by Gasteiger charge is -2.27. The van der Waals surface area contributed by atoms with E-state index >= 15 is 0 Å². The molecule has 0 spiro atoms. The number of benzene rings is 1. The first-order valence-corrected chi connectivity index (χ1v) is 10.1. The third-order valence-electron chi connectivity index (χ3n) is 4.84. The van der Waals surface area contributed by atoms with E-state index in [9.17, 15) is 4.79 Å². The van der Waals surface area contributed by atoms with Crippen LogP contribution in [-0.2, 0) is 16.1 Å². The first-order valence-electron chi connectivity index (χ1n) is 10.1. The fraction of sp³-hybridized carbons (Fsp3) is 0.619. The maximum Gasteiger partial charge on any atom is 0.243 e. The van der Waals surface area contributed by atoms with E-state index in [0.717, 1.165) is 63.1 Å². The van der Waals surface area contributed by atoms with E-state index in [1.54, 1.807) is 26.1 Å². The molecule has 0 aliphatic carbocycles. The Labute approximate surface area is 197 Å². The van der Waals surface area contributed by atoms with Gasteiger partial charge in [0.05, 0.1) is 20.3 Å². The maximum atomic E-state index is 12.0. The summed E-state index contributed by atoms with van der Waals surface area (Å²) in [4.78, 5) is 22.5. The van der Waals surface area contributed by atoms with Crippen molar-refractivity contribution in [2.24, 2.45) is 4.99 Å². The number of carbonyl (C=O) groups excluding carboxylic acids is 1. The molecule has 1 aliphatic heterocycles. The molecule has 170 valence electrons. The maximum absolute atomic E-state index is 12.0. The summed E-state index contributed by atoms with van der Waals surface area (Å²) >= 11 is 0. The Hall–Kier alpha value is -1.59. The van der Waals surface area contributed by atoms with E-state index in [1.807, 2.05) is 36.2 Å². The number of morpholine rings is 1. The van der Waals surface area contributed by atoms with Crippen LogP contribution in [0.4, 0.5) is 0 Å². The van der Waals surface area contributed by atoms with Crippen LogP contribution in [0.3, 0.4) is 0 Å². The van der Waals surface area contributed by atoms with Gasteiger partial charge in [-0.1, -0.05) is 12.1 Å². The number of ether oxygens (including phenoxy) is 2. The molecule has 0 saturated carbocycles. The number of halogens is 1. The first-order chi connectivity index (χ1) is 14.0. The molecule has 1 fully saturated rings. The van der Waals surface area contributed by atoms with E-state index in [4.69, 9.17) is 9.47 Å². The Kier molecular flexibility index (Phi) is 12.7. The summed E-state index contributed by atoms with van der Waals surface area (Å²) in [5.74, 6) is 1.55. The highest BCUT2D eigenvalue weighted by atomic mass is 127. The van der Waals surface area contributed by atoms with Gasteiger partial charge in [-0.2, -0.15) is 0 Å². The summed E-state index contributed by atoms with van der Waals surface area (Å²) in [6.45, 7) is 6.28. The predicted octanol–water partition coefficient (Wildman–Crippen LogP) is 1.50. The molecular weight excluding hydrogens is 497 g/mol. The molecular formula is C21H36IN5O3. The fourth-order valence-electron chi connectivity index (χ4n) is 3.00. The number of hydrogen-bond donors (Lipinski definition) is 1. The number of guanidine groups is 1. The van der Waals surface area contributed by atoms with E-state index in [1.165, 1.54) is 0 Å². The number of nitrogens with zero attached hydrogens (tertiary/aromatic N) is 4. The highest BCUT2D eigenvalue weighted by Gasteiger charge is 2.12. The average molecular weight is 533 g/mol. The number of carbonyl (C=O) groups is 1. The summed E-state index contributed by atoms with van der Waals surface area (Å²) < 4.78 is 10.6. The van der Waals surface area contributed by atoms with E-state index in [-0.39, 0.29) is 36.4 Å². The molecule has 1 amide bonds. The van der Waals surface area contributed by atoms with Gasteiger partial charge in [-0.3, -0.25) is 9.69 Å². The fourth-order valence-corrected chi connectivity index (χ4v) is 3.00. The largest absolute Gasteiger partial charge is 0.497 e. The number of aliphatic imine (C=N–C) groups is 1. The van der Waals surface area contributed by atoms with Crippen molar-refractivity contribution in [3.05, 3.63) is 29.8 Å². The van der Waals surface area contributed by atoms with Crippen LogP contribution in [0.1, 0.15) is 12.0 Å². The van der Waals surface area contributed by atoms with Gasteiger partial charge in [0, 0.05) is 47.3 Å². The SMILES string of the molecule is COc1ccc(CN(C)C(=NCC(=O)N(C)C)NCCCN2CCOCC2)cc1.I. The van der Waals surface area contributed by atoms with Crippen LogP contribution in [-0.4, -0.2) is 101 Å². The van der Waals surface area contributed by atoms with Crippen LogP contribution in [0.15, 0.2) is 29.3 Å². The minimum absolute atomic E-state index is 0. The summed E-state index contributed by atoms with van der Waals surface area (Å²) in [5.41, 5.74) is 1.15. The smallest absolute Gasteiger partial charge is 0.243 e. The Balaban J connectivity index is 0.00000450. The molecule has 9 heteroatoms. The number of nitrogens with one attached hydrogen (secondary N) is 1. The van der Waals surface area contributed by atoms with Crippen molar-refractivity contribution in [2.45, 2.75) is 13.0 Å². The molecule has 1 aliphatic rings. The Morgan fingerprint density at radius 3 is 2.47 bits per heavy atom. The zero-order valence-corrected chi connectivity index (χ0v) is 20.9. The van der Waals surface area contributed by atoms with Gasteiger partial charge < -0.3 is 24.6 Å². The molecule has 30 heavy (non-hydrogen) atoms. The topological polar surface area (TPSA) is 69.6 Å². The van der Waals surface area contributed by atoms with Crippen molar-refractivity contribution >= 4 is 35.8 Å². The second-order valence-electron chi connectivity index (χ2n) is 7.37. The molecule has 0 bridgehead atoms. The van der Waals surface area contributed by atoms with Gasteiger partial charge >= 0.3 is 0 Å². The Morgan fingerprint density at radius 1 is 1.20 bits per heavy atom. The Morgan fingerprint density at radius 2 is 1.87 bits per heavy atom. The average Bonchev–Trinajstić information content (AvgIpc) is 2.74. The van der Waals surface area contributed by atoms with Crippen LogP contribution >= 0.6 is 24.0 Å². The summed E-state index contributed by atoms with van der Waals surface area (Å²) in [6.07, 6.45) is 1.01. The molecule has 0 radical (unpaired) electrons. The quantitative estimate of drug-likeness (QED) is 0.225. The minimum atomic E-state index is -0.0181. The zero-order chi connectivity index (χ0) is 21.1. The molecule has 0 aromatic heterocycles. The number of hydrogen-bond acceptors (Lipinski definition) is 5. The van der Waals surface area contributed by atoms with Gasteiger partial charge in [-0.15, -0.1) is 24.0 Å². The van der Waals surface area contributed by atoms with Crippen LogP contribution in [0.5, 0.6) is 5.75 Å². The highest BCUT2D eigenvalue weighted by Crippen LogP contribution is 2.12. The normalized spacial score (nSPS) is 14.6. The third-order valence-corrected chi connectivity index (χ3v) is 4.84. The molecule has 8 nitrogen and oxygen atoms in total. The number of methoxy groups -OCH3 is 1. The van der Waals surface area contributed by atoms with E-state index in [0.29, 0.717) is 6.54 Å². The molecule has 1 N–H and O–H groups in total. The van der Waals surface area contributed by atoms with Crippen LogP contribution in [0, 0.1) is 0 Å². The second-order valence-corrected chi connectivity index (χ2v) is 7.37. The van der Waals surface area contributed by atoms with Crippen molar-refractivity contribution in [3.63, 3.8) is 0 Å². The number of rotatable bonds is 9. The predicted molar refractivity (Wildman–Crippen MR) is 131 cm³/mol. The monoisotopic (exact) mass is 533 g/mol. The number of likely N-dealkylation sites (N-methyl/N-ethyl adjacent to an activating group) is 1. The lowest BCUT2D eigenvalue weighted by molar-refractivity contribution is -0.127. The highest BCUT2D eigenvalue weighted by molar-refractivity contribution is 14.0. The molecule has 0 unspecified atom stereocenters. The van der Waals surface area contributed by atoms with Gasteiger partial charge in [0.25, 0.3) is 0 Å². The van der Waals surface area contributed by atoms with E-state index in [2.05, 4.69) is 15.2 Å². The summed E-state index contributed by atoms with van der Waals surface area (Å²) in [5, 5.41) is 3.42. The van der Waals surface area contributed by atoms with Crippen LogP contribution in [0.2, 0.25) is 0 Å². The van der Waals surface area contributed by atoms with Gasteiger partial charge in [0.1, 0.15) is 12.3 Å². The Bertz CT molecular complexity index is 649. The lowest BCUT2D eigenvalue weighted by atomic mass is 10.2. The van der Waals surface area contributed by atoms with Crippen molar-refractivity contribution in [3.8, 4) is 5.75 Å². The van der Waals surface area contributed by atoms with Crippen molar-refractivity contribution in [2.75, 3.05) is 74.2 Å². The zero-order valence-electron chi connectivity index (χ0n) is 18.6. The van der Waals surface area contributed by atoms with Crippen molar-refractivity contribution < 1.29 is 14.3 Å². The van der Waals surface area contributed by atoms with Gasteiger partial charge in [0.2, 0.25) is 5.91 Å². The lowest BCUT2D eigenvalue weighted by Crippen LogP contribution is -2.42. The van der Waals surface area contributed by atoms with Gasteiger partial charge in [-0.25, -0.2) is 4.99 Å². The van der Waals surface area contributed by atoms with Crippen LogP contribution in [0.25, 0.3) is 0 Å². The number of amides is 1. The molecule has 0 atom stereocenters. The standard InChI is InChI=1S/C21H35N5O3.HI/c1-24(2)20(27)16-23-21(22-10-5-11-26-12-14-29-15-13-26)25(3)17-18-6-8-19(28-4)9-7-18;/h6-9H,5,10-17H2,1-4H3,(H,22,23);1H. The minimum Gasteiger partial charge on any atom is -0.497 e. The second kappa shape index (κ2) is 14.4. The van der Waals surface area contributed by atoms with Crippen molar-refractivity contribution in [1.29, 1.82) is 0 Å². The molecule has 1 aromatic rings. The van der Waals surface area contributed by atoms with Crippen molar-refractivity contribution in [1.82, 2.24) is 20.0 Å². The molecule has 1 aromatic carbocycles. The summed E-state index contributed by atoms with van der Waals surface area (Å²) in [7, 11) is 7.13. The molecule has 2 rings (SSSR count). The first kappa shape index (κ1) is 26.4. The van der Waals surface area contributed by atoms with Gasteiger partial charge in [-0.05, 0) is 30.7 Å². The van der Waals surface area contributed by atoms with Crippen LogP contribution < -0.4 is 10.1 Å². The van der Waals surface area contributed by atoms with Gasteiger partial charge in [0.15, 0.2) is 5.96 Å². The molecule has 1 saturated heterocycles.